The SMILES string of the molecule is Nc1ccc(CCN2CCC(c3ccccc3)CC2)cc1. The quantitative estimate of drug-likeness (QED) is 0.865. The first-order valence-electron chi connectivity index (χ1n) is 7.93. The zero-order chi connectivity index (χ0) is 14.5. The monoisotopic (exact) mass is 280 g/mol. The van der Waals surface area contributed by atoms with E-state index < -0.39 is 0 Å². The summed E-state index contributed by atoms with van der Waals surface area (Å²) in [4.78, 5) is 2.59. The summed E-state index contributed by atoms with van der Waals surface area (Å²) in [5.41, 5.74) is 9.47. The average Bonchev–Trinajstić information content (AvgIpc) is 2.56. The Balaban J connectivity index is 1.47. The van der Waals surface area contributed by atoms with Crippen LogP contribution >= 0.6 is 0 Å². The second-order valence-corrected chi connectivity index (χ2v) is 6.02. The van der Waals surface area contributed by atoms with Crippen molar-refractivity contribution in [3.05, 3.63) is 65.7 Å². The van der Waals surface area contributed by atoms with Crippen molar-refractivity contribution in [2.24, 2.45) is 0 Å². The van der Waals surface area contributed by atoms with Gasteiger partial charge in [-0.2, -0.15) is 0 Å². The maximum atomic E-state index is 5.73. The number of hydrogen-bond donors (Lipinski definition) is 1. The van der Waals surface area contributed by atoms with Gasteiger partial charge in [0.15, 0.2) is 0 Å². The van der Waals surface area contributed by atoms with E-state index in [1.165, 1.54) is 37.1 Å². The summed E-state index contributed by atoms with van der Waals surface area (Å²) in [5.74, 6) is 0.749. The van der Waals surface area contributed by atoms with Crippen LogP contribution < -0.4 is 5.73 Å². The smallest absolute Gasteiger partial charge is 0.0314 e. The summed E-state index contributed by atoms with van der Waals surface area (Å²) in [7, 11) is 0. The van der Waals surface area contributed by atoms with Crippen LogP contribution in [-0.2, 0) is 6.42 Å². The lowest BCUT2D eigenvalue weighted by Crippen LogP contribution is -2.34. The maximum Gasteiger partial charge on any atom is 0.0314 e. The second-order valence-electron chi connectivity index (χ2n) is 6.02. The summed E-state index contributed by atoms with van der Waals surface area (Å²) >= 11 is 0. The van der Waals surface area contributed by atoms with Gasteiger partial charge in [0.2, 0.25) is 0 Å². The molecule has 0 aromatic heterocycles. The molecule has 0 atom stereocenters. The molecule has 2 heteroatoms. The minimum atomic E-state index is 0.749. The molecule has 3 rings (SSSR count). The highest BCUT2D eigenvalue weighted by Gasteiger charge is 2.19. The summed E-state index contributed by atoms with van der Waals surface area (Å²) in [6.07, 6.45) is 3.69. The van der Waals surface area contributed by atoms with Crippen LogP contribution in [0, 0.1) is 0 Å². The molecule has 2 aromatic carbocycles. The molecule has 0 saturated carbocycles. The van der Waals surface area contributed by atoms with E-state index in [4.69, 9.17) is 5.73 Å². The highest BCUT2D eigenvalue weighted by molar-refractivity contribution is 5.39. The van der Waals surface area contributed by atoms with Crippen molar-refractivity contribution in [3.63, 3.8) is 0 Å². The summed E-state index contributed by atoms with van der Waals surface area (Å²) < 4.78 is 0. The van der Waals surface area contributed by atoms with Crippen LogP contribution in [0.3, 0.4) is 0 Å². The van der Waals surface area contributed by atoms with Gasteiger partial charge in [0.1, 0.15) is 0 Å². The third-order valence-corrected chi connectivity index (χ3v) is 4.55. The van der Waals surface area contributed by atoms with E-state index in [9.17, 15) is 0 Å². The first kappa shape index (κ1) is 14.2. The van der Waals surface area contributed by atoms with Crippen LogP contribution in [-0.4, -0.2) is 24.5 Å². The van der Waals surface area contributed by atoms with Crippen molar-refractivity contribution in [2.45, 2.75) is 25.2 Å². The van der Waals surface area contributed by atoms with E-state index in [-0.39, 0.29) is 0 Å². The van der Waals surface area contributed by atoms with Gasteiger partial charge >= 0.3 is 0 Å². The highest BCUT2D eigenvalue weighted by Crippen LogP contribution is 2.27. The first-order chi connectivity index (χ1) is 10.3. The number of likely N-dealkylation sites (tertiary alicyclic amines) is 1. The van der Waals surface area contributed by atoms with Gasteiger partial charge in [-0.15, -0.1) is 0 Å². The van der Waals surface area contributed by atoms with Crippen molar-refractivity contribution >= 4 is 5.69 Å². The molecular weight excluding hydrogens is 256 g/mol. The maximum absolute atomic E-state index is 5.73. The molecule has 21 heavy (non-hydrogen) atoms. The van der Waals surface area contributed by atoms with Gasteiger partial charge < -0.3 is 10.6 Å². The summed E-state index contributed by atoms with van der Waals surface area (Å²) in [6.45, 7) is 3.59. The molecule has 1 aliphatic heterocycles. The van der Waals surface area contributed by atoms with Crippen molar-refractivity contribution in [1.29, 1.82) is 0 Å². The second kappa shape index (κ2) is 6.77. The summed E-state index contributed by atoms with van der Waals surface area (Å²) in [5, 5.41) is 0. The Morgan fingerprint density at radius 2 is 1.57 bits per heavy atom. The molecule has 2 aromatic rings. The molecule has 2 N–H and O–H groups in total. The number of benzene rings is 2. The van der Waals surface area contributed by atoms with Gasteiger partial charge in [0.05, 0.1) is 0 Å². The molecule has 0 bridgehead atoms. The molecule has 1 aliphatic rings. The lowest BCUT2D eigenvalue weighted by molar-refractivity contribution is 0.214. The number of nitrogens with zero attached hydrogens (tertiary/aromatic N) is 1. The molecular formula is C19H24N2. The standard InChI is InChI=1S/C19H24N2/c20-19-8-6-16(7-9-19)10-13-21-14-11-18(12-15-21)17-4-2-1-3-5-17/h1-9,18H,10-15,20H2. The lowest BCUT2D eigenvalue weighted by atomic mass is 9.89. The van der Waals surface area contributed by atoms with E-state index >= 15 is 0 Å². The number of piperidine rings is 1. The van der Waals surface area contributed by atoms with Gasteiger partial charge in [-0.1, -0.05) is 42.5 Å². The van der Waals surface area contributed by atoms with Gasteiger partial charge in [-0.25, -0.2) is 0 Å². The Labute approximate surface area is 127 Å². The Kier molecular flexibility index (Phi) is 4.56. The number of nitrogens with two attached hydrogens (primary N) is 1. The molecule has 1 saturated heterocycles. The van der Waals surface area contributed by atoms with E-state index in [1.54, 1.807) is 0 Å². The summed E-state index contributed by atoms with van der Waals surface area (Å²) in [6, 6.07) is 19.2. The molecule has 2 nitrogen and oxygen atoms in total. The Morgan fingerprint density at radius 1 is 0.905 bits per heavy atom. The van der Waals surface area contributed by atoms with Gasteiger partial charge in [0, 0.05) is 12.2 Å². The number of nitrogen functional groups attached to an aromatic ring is 1. The van der Waals surface area contributed by atoms with E-state index in [1.807, 2.05) is 12.1 Å². The van der Waals surface area contributed by atoms with E-state index in [0.29, 0.717) is 0 Å². The normalized spacial score (nSPS) is 17.0. The van der Waals surface area contributed by atoms with Crippen LogP contribution in [0.15, 0.2) is 54.6 Å². The predicted octanol–water partition coefficient (Wildman–Crippen LogP) is 3.69. The minimum absolute atomic E-state index is 0.749. The fourth-order valence-corrected chi connectivity index (χ4v) is 3.19. The third-order valence-electron chi connectivity index (χ3n) is 4.55. The Hall–Kier alpha value is -1.80. The average molecular weight is 280 g/mol. The Morgan fingerprint density at radius 3 is 2.24 bits per heavy atom. The number of hydrogen-bond acceptors (Lipinski definition) is 2. The molecule has 0 spiro atoms. The van der Waals surface area contributed by atoms with E-state index in [0.717, 1.165) is 24.6 Å². The van der Waals surface area contributed by atoms with Gasteiger partial charge in [-0.3, -0.25) is 0 Å². The van der Waals surface area contributed by atoms with Gasteiger partial charge in [0.25, 0.3) is 0 Å². The van der Waals surface area contributed by atoms with Crippen molar-refractivity contribution in [2.75, 3.05) is 25.4 Å². The number of anilines is 1. The van der Waals surface area contributed by atoms with Crippen molar-refractivity contribution in [3.8, 4) is 0 Å². The minimum Gasteiger partial charge on any atom is -0.399 e. The topological polar surface area (TPSA) is 29.3 Å². The molecule has 0 radical (unpaired) electrons. The largest absolute Gasteiger partial charge is 0.399 e. The van der Waals surface area contributed by atoms with Gasteiger partial charge in [-0.05, 0) is 61.5 Å². The van der Waals surface area contributed by atoms with Crippen molar-refractivity contribution in [1.82, 2.24) is 4.90 Å². The first-order valence-corrected chi connectivity index (χ1v) is 7.93. The van der Waals surface area contributed by atoms with E-state index in [2.05, 4.69) is 47.4 Å². The molecule has 0 amide bonds. The van der Waals surface area contributed by atoms with Crippen LogP contribution in [0.1, 0.15) is 29.9 Å². The van der Waals surface area contributed by atoms with Crippen LogP contribution in [0.4, 0.5) is 5.69 Å². The third kappa shape index (κ3) is 3.85. The van der Waals surface area contributed by atoms with Crippen LogP contribution in [0.2, 0.25) is 0 Å². The predicted molar refractivity (Wildman–Crippen MR) is 89.4 cm³/mol. The molecule has 1 fully saturated rings. The lowest BCUT2D eigenvalue weighted by Gasteiger charge is -2.32. The fraction of sp³-hybridized carbons (Fsp3) is 0.368. The van der Waals surface area contributed by atoms with Crippen LogP contribution in [0.5, 0.6) is 0 Å². The van der Waals surface area contributed by atoms with Crippen LogP contribution in [0.25, 0.3) is 0 Å². The zero-order valence-corrected chi connectivity index (χ0v) is 12.5. The fourth-order valence-electron chi connectivity index (χ4n) is 3.19. The molecule has 110 valence electrons. The van der Waals surface area contributed by atoms with Crippen molar-refractivity contribution < 1.29 is 0 Å². The molecule has 0 unspecified atom stereocenters. The molecule has 0 aliphatic carbocycles. The zero-order valence-electron chi connectivity index (χ0n) is 12.5. The number of rotatable bonds is 4. The highest BCUT2D eigenvalue weighted by atomic mass is 15.1. The molecule has 1 heterocycles. The Bertz CT molecular complexity index is 540.